The number of para-hydroxylation sites is 1. The van der Waals surface area contributed by atoms with Gasteiger partial charge in [0.2, 0.25) is 0 Å². The summed E-state index contributed by atoms with van der Waals surface area (Å²) in [6.07, 6.45) is 1.50. The van der Waals surface area contributed by atoms with Crippen molar-refractivity contribution in [3.63, 3.8) is 0 Å². The number of hydrogen-bond donors (Lipinski definition) is 1. The fourth-order valence-corrected chi connectivity index (χ4v) is 2.34. The van der Waals surface area contributed by atoms with Gasteiger partial charge in [-0.1, -0.05) is 29.8 Å². The van der Waals surface area contributed by atoms with Crippen molar-refractivity contribution in [1.29, 1.82) is 0 Å². The maximum absolute atomic E-state index is 13.7. The van der Waals surface area contributed by atoms with E-state index in [-0.39, 0.29) is 22.9 Å². The summed E-state index contributed by atoms with van der Waals surface area (Å²) in [6.45, 7) is 0.172. The van der Waals surface area contributed by atoms with E-state index in [4.69, 9.17) is 11.6 Å². The van der Waals surface area contributed by atoms with E-state index in [0.717, 1.165) is 0 Å². The number of nitrogens with zero attached hydrogens (tertiary/aromatic N) is 2. The number of carbonyl (C=O) groups is 1. The number of benzene rings is 2. The molecule has 7 heteroatoms. The van der Waals surface area contributed by atoms with Crippen LogP contribution in [-0.2, 0) is 6.54 Å². The summed E-state index contributed by atoms with van der Waals surface area (Å²) < 4.78 is 28.1. The molecule has 2 aromatic carbocycles. The van der Waals surface area contributed by atoms with E-state index in [1.165, 1.54) is 41.2 Å². The third-order valence-electron chi connectivity index (χ3n) is 3.36. The van der Waals surface area contributed by atoms with Gasteiger partial charge < -0.3 is 5.32 Å². The second-order valence-corrected chi connectivity index (χ2v) is 5.44. The smallest absolute Gasteiger partial charge is 0.272 e. The van der Waals surface area contributed by atoms with Gasteiger partial charge in [0.05, 0.1) is 5.02 Å². The molecule has 0 radical (unpaired) electrons. The molecule has 0 fully saturated rings. The van der Waals surface area contributed by atoms with Crippen molar-refractivity contribution in [1.82, 2.24) is 15.1 Å². The van der Waals surface area contributed by atoms with Gasteiger partial charge in [-0.15, -0.1) is 0 Å². The maximum Gasteiger partial charge on any atom is 0.272 e. The van der Waals surface area contributed by atoms with Crippen LogP contribution in [0.3, 0.4) is 0 Å². The Labute approximate surface area is 141 Å². The Bertz CT molecular complexity index is 895. The second-order valence-electron chi connectivity index (χ2n) is 5.03. The molecule has 0 aliphatic rings. The zero-order chi connectivity index (χ0) is 17.1. The van der Waals surface area contributed by atoms with Crippen molar-refractivity contribution in [3.8, 4) is 5.69 Å². The molecule has 122 valence electrons. The van der Waals surface area contributed by atoms with Crippen LogP contribution in [0.15, 0.2) is 54.7 Å². The van der Waals surface area contributed by atoms with Gasteiger partial charge in [-0.2, -0.15) is 5.10 Å². The number of hydrogen-bond acceptors (Lipinski definition) is 2. The highest BCUT2D eigenvalue weighted by atomic mass is 35.5. The molecular weight excluding hydrogens is 336 g/mol. The first-order valence-electron chi connectivity index (χ1n) is 7.07. The molecule has 1 N–H and O–H groups in total. The van der Waals surface area contributed by atoms with Crippen LogP contribution in [0, 0.1) is 11.6 Å². The van der Waals surface area contributed by atoms with Gasteiger partial charge in [-0.05, 0) is 35.9 Å². The summed E-state index contributed by atoms with van der Waals surface area (Å²) in [6, 6.07) is 11.8. The van der Waals surface area contributed by atoms with E-state index in [2.05, 4.69) is 10.4 Å². The van der Waals surface area contributed by atoms with Gasteiger partial charge >= 0.3 is 0 Å². The quantitative estimate of drug-likeness (QED) is 0.781. The highest BCUT2D eigenvalue weighted by molar-refractivity contribution is 6.30. The van der Waals surface area contributed by atoms with Crippen LogP contribution in [0.2, 0.25) is 5.02 Å². The molecular formula is C17H12ClF2N3O. The number of carbonyl (C=O) groups excluding carboxylic acids is 1. The van der Waals surface area contributed by atoms with Crippen LogP contribution >= 0.6 is 11.6 Å². The monoisotopic (exact) mass is 347 g/mol. The molecule has 0 aliphatic heterocycles. The summed E-state index contributed by atoms with van der Waals surface area (Å²) in [5.41, 5.74) is 1.05. The van der Waals surface area contributed by atoms with Gasteiger partial charge in [0.25, 0.3) is 5.91 Å². The molecule has 1 amide bonds. The number of nitrogens with one attached hydrogen (secondary N) is 1. The zero-order valence-electron chi connectivity index (χ0n) is 12.3. The standard InChI is InChI=1S/C17H12ClF2N3O/c18-12-9-11(5-6-13(12)19)10-21-17(24)15-7-8-23(22-15)16-4-2-1-3-14(16)20/h1-9H,10H2,(H,21,24). The summed E-state index contributed by atoms with van der Waals surface area (Å²) >= 11 is 5.69. The molecule has 0 saturated heterocycles. The molecule has 3 rings (SSSR count). The summed E-state index contributed by atoms with van der Waals surface area (Å²) in [7, 11) is 0. The van der Waals surface area contributed by atoms with E-state index in [0.29, 0.717) is 5.56 Å². The normalized spacial score (nSPS) is 10.6. The Balaban J connectivity index is 1.70. The topological polar surface area (TPSA) is 46.9 Å². The third-order valence-corrected chi connectivity index (χ3v) is 3.65. The summed E-state index contributed by atoms with van der Waals surface area (Å²) in [5, 5.41) is 6.71. The SMILES string of the molecule is O=C(NCc1ccc(F)c(Cl)c1)c1ccn(-c2ccccc2F)n1. The van der Waals surface area contributed by atoms with Gasteiger partial charge in [0, 0.05) is 12.7 Å². The molecule has 1 heterocycles. The Morgan fingerprint density at radius 1 is 1.12 bits per heavy atom. The van der Waals surface area contributed by atoms with Crippen LogP contribution in [0.4, 0.5) is 8.78 Å². The van der Waals surface area contributed by atoms with Crippen molar-refractivity contribution >= 4 is 17.5 Å². The van der Waals surface area contributed by atoms with Gasteiger partial charge in [0.1, 0.15) is 17.3 Å². The Morgan fingerprint density at radius 3 is 2.67 bits per heavy atom. The van der Waals surface area contributed by atoms with Gasteiger partial charge in [0.15, 0.2) is 5.69 Å². The minimum Gasteiger partial charge on any atom is -0.347 e. The largest absolute Gasteiger partial charge is 0.347 e. The van der Waals surface area contributed by atoms with Crippen LogP contribution in [-0.4, -0.2) is 15.7 Å². The van der Waals surface area contributed by atoms with E-state index in [9.17, 15) is 13.6 Å². The molecule has 3 aromatic rings. The van der Waals surface area contributed by atoms with Gasteiger partial charge in [-0.3, -0.25) is 4.79 Å². The second kappa shape index (κ2) is 6.80. The summed E-state index contributed by atoms with van der Waals surface area (Å²) in [5.74, 6) is -1.38. The molecule has 0 bridgehead atoms. The molecule has 0 saturated carbocycles. The van der Waals surface area contributed by atoms with Crippen molar-refractivity contribution in [2.24, 2.45) is 0 Å². The van der Waals surface area contributed by atoms with Crippen LogP contribution in [0.5, 0.6) is 0 Å². The number of aromatic nitrogens is 2. The fraction of sp³-hybridized carbons (Fsp3) is 0.0588. The Morgan fingerprint density at radius 2 is 1.92 bits per heavy atom. The van der Waals surface area contributed by atoms with Crippen molar-refractivity contribution in [3.05, 3.63) is 82.6 Å². The van der Waals surface area contributed by atoms with Crippen molar-refractivity contribution < 1.29 is 13.6 Å². The van der Waals surface area contributed by atoms with E-state index in [1.807, 2.05) is 0 Å². The summed E-state index contributed by atoms with van der Waals surface area (Å²) in [4.78, 5) is 12.1. The lowest BCUT2D eigenvalue weighted by Gasteiger charge is -2.05. The average molecular weight is 348 g/mol. The van der Waals surface area contributed by atoms with Crippen molar-refractivity contribution in [2.45, 2.75) is 6.54 Å². The Kier molecular flexibility index (Phi) is 4.57. The highest BCUT2D eigenvalue weighted by Crippen LogP contribution is 2.16. The first-order chi connectivity index (χ1) is 11.5. The van der Waals surface area contributed by atoms with E-state index < -0.39 is 17.5 Å². The van der Waals surface area contributed by atoms with Crippen LogP contribution < -0.4 is 5.32 Å². The first-order valence-corrected chi connectivity index (χ1v) is 7.45. The minimum absolute atomic E-state index is 0.00872. The highest BCUT2D eigenvalue weighted by Gasteiger charge is 2.12. The number of halogens is 3. The average Bonchev–Trinajstić information content (AvgIpc) is 3.06. The number of rotatable bonds is 4. The predicted molar refractivity (Wildman–Crippen MR) is 86.1 cm³/mol. The minimum atomic E-state index is -0.518. The lowest BCUT2D eigenvalue weighted by molar-refractivity contribution is 0.0945. The third kappa shape index (κ3) is 3.44. The molecule has 24 heavy (non-hydrogen) atoms. The molecule has 1 aromatic heterocycles. The van der Waals surface area contributed by atoms with Crippen molar-refractivity contribution in [2.75, 3.05) is 0 Å². The maximum atomic E-state index is 13.7. The predicted octanol–water partition coefficient (Wildman–Crippen LogP) is 3.73. The zero-order valence-corrected chi connectivity index (χ0v) is 13.1. The lowest BCUT2D eigenvalue weighted by atomic mass is 10.2. The number of amides is 1. The van der Waals surface area contributed by atoms with Gasteiger partial charge in [-0.25, -0.2) is 13.5 Å². The first kappa shape index (κ1) is 16.1. The molecule has 0 spiro atoms. The van der Waals surface area contributed by atoms with Crippen LogP contribution in [0.25, 0.3) is 5.69 Å². The molecule has 0 aliphatic carbocycles. The van der Waals surface area contributed by atoms with Crippen LogP contribution in [0.1, 0.15) is 16.1 Å². The van der Waals surface area contributed by atoms with E-state index in [1.54, 1.807) is 18.2 Å². The van der Waals surface area contributed by atoms with E-state index >= 15 is 0 Å². The molecule has 4 nitrogen and oxygen atoms in total. The Hall–Kier alpha value is -2.73. The fourth-order valence-electron chi connectivity index (χ4n) is 2.14. The molecule has 0 unspecified atom stereocenters. The molecule has 0 atom stereocenters. The lowest BCUT2D eigenvalue weighted by Crippen LogP contribution is -2.23.